The number of benzene rings is 2. The van der Waals surface area contributed by atoms with Gasteiger partial charge in [0.05, 0.1) is 64.6 Å². The van der Waals surface area contributed by atoms with Crippen LogP contribution in [-0.4, -0.2) is 83.7 Å². The summed E-state index contributed by atoms with van der Waals surface area (Å²) in [5.41, 5.74) is 4.24. The number of methoxy groups -OCH3 is 1. The van der Waals surface area contributed by atoms with Crippen LogP contribution < -0.4 is 10.1 Å². The predicted octanol–water partition coefficient (Wildman–Crippen LogP) is 9.91. The van der Waals surface area contributed by atoms with Crippen molar-refractivity contribution < 1.29 is 33.0 Å². The van der Waals surface area contributed by atoms with Gasteiger partial charge in [-0.1, -0.05) is 26.8 Å². The number of aromatic nitrogens is 5. The van der Waals surface area contributed by atoms with E-state index in [0.717, 1.165) is 58.5 Å². The predicted molar refractivity (Wildman–Crippen MR) is 240 cm³/mol. The molecular formula is C48H53FN8O6S. The molecule has 0 bridgehead atoms. The van der Waals surface area contributed by atoms with Gasteiger partial charge < -0.3 is 34.4 Å². The molecule has 0 spiro atoms. The van der Waals surface area contributed by atoms with Gasteiger partial charge in [0.1, 0.15) is 34.9 Å². The molecule has 10 rings (SSSR count). The van der Waals surface area contributed by atoms with Crippen LogP contribution in [0.2, 0.25) is 0 Å². The number of hydrogen-bond donors (Lipinski definition) is 3. The molecule has 3 N–H and O–H groups in total. The van der Waals surface area contributed by atoms with Gasteiger partial charge in [0.15, 0.2) is 0 Å². The van der Waals surface area contributed by atoms with E-state index in [1.165, 1.54) is 18.1 Å². The standard InChI is InChI=1S/C48H53FN8O6S/c1-8-29-12-14-39(64-29)45-56-33-13-11-25(31-22-51-43(52-31)37-20-28-18-35(28)57(37)47(60)63-48(4,5)6)16-27(33)19-36(56)40-30(49)17-26(21-38(40)62-45)32-23-50-42(53-32)34-10-9-15-55(34)44(58)41(24(2)3)54-46(59)61-7/h11-14,16-17,19,21-24,28,34-35,37,41,45H,8-10,15,18,20H2,1-7H3,(H,50,53)(H,51,52)(H,54,59). The summed E-state index contributed by atoms with van der Waals surface area (Å²) in [4.78, 5) is 61.4. The molecular weight excluding hydrogens is 836 g/mol. The van der Waals surface area contributed by atoms with Crippen molar-refractivity contribution in [1.29, 1.82) is 0 Å². The van der Waals surface area contributed by atoms with E-state index in [9.17, 15) is 14.4 Å². The number of nitrogens with zero attached hydrogens (tertiary/aromatic N) is 5. The number of carbonyl (C=O) groups excluding carboxylic acids is 3. The first-order valence-corrected chi connectivity index (χ1v) is 23.0. The molecule has 2 aromatic carbocycles. The zero-order valence-electron chi connectivity index (χ0n) is 37.0. The van der Waals surface area contributed by atoms with Crippen LogP contribution in [0.1, 0.15) is 107 Å². The lowest BCUT2D eigenvalue weighted by atomic mass is 10.0. The Hall–Kier alpha value is -6.16. The smallest absolute Gasteiger partial charge is 0.411 e. The fourth-order valence-corrected chi connectivity index (χ4v) is 10.8. The van der Waals surface area contributed by atoms with E-state index in [0.29, 0.717) is 53.0 Å². The molecule has 6 unspecified atom stereocenters. The number of rotatable bonds is 9. The molecule has 3 amide bonds. The van der Waals surface area contributed by atoms with Crippen molar-refractivity contribution >= 4 is 40.3 Å². The number of amides is 3. The highest BCUT2D eigenvalue weighted by Crippen LogP contribution is 2.54. The maximum atomic E-state index is 16.8. The van der Waals surface area contributed by atoms with E-state index in [2.05, 4.69) is 45.0 Å². The first-order valence-electron chi connectivity index (χ1n) is 22.2. The quantitative estimate of drug-likeness (QED) is 0.129. The van der Waals surface area contributed by atoms with E-state index in [1.807, 2.05) is 70.0 Å². The molecule has 14 nitrogen and oxygen atoms in total. The summed E-state index contributed by atoms with van der Waals surface area (Å²) in [6.07, 6.45) is 6.14. The van der Waals surface area contributed by atoms with Crippen LogP contribution in [0.3, 0.4) is 0 Å². The molecule has 3 aliphatic heterocycles. The van der Waals surface area contributed by atoms with Gasteiger partial charge in [-0.3, -0.25) is 14.3 Å². The molecule has 2 saturated heterocycles. The van der Waals surface area contributed by atoms with E-state index in [4.69, 9.17) is 24.2 Å². The number of nitrogens with one attached hydrogen (secondary N) is 3. The molecule has 7 heterocycles. The van der Waals surface area contributed by atoms with Gasteiger partial charge in [0, 0.05) is 34.0 Å². The SMILES string of the molecule is CCc1ccc(C2Oc3cc(-c4cnc(C5CCCN5C(=O)C(NC(=O)OC)C(C)C)[nH]4)cc(F)c3-c3cc4cc(-c5cnc(C6CC7CC7N6C(=O)OC(C)(C)C)[nH]5)ccc4n32)s1. The number of ether oxygens (including phenoxy) is 3. The first kappa shape index (κ1) is 41.8. The Morgan fingerprint density at radius 2 is 1.73 bits per heavy atom. The Kier molecular flexibility index (Phi) is 10.3. The number of halogens is 1. The normalized spacial score (nSPS) is 21.7. The van der Waals surface area contributed by atoms with Crippen molar-refractivity contribution in [3.63, 3.8) is 0 Å². The molecule has 6 atom stereocenters. The molecule has 6 aromatic rings. The fraction of sp³-hybridized carbons (Fsp3) is 0.438. The Balaban J connectivity index is 0.970. The van der Waals surface area contributed by atoms with E-state index in [-0.39, 0.29) is 36.0 Å². The maximum Gasteiger partial charge on any atom is 0.411 e. The number of aromatic amines is 2. The summed E-state index contributed by atoms with van der Waals surface area (Å²) in [7, 11) is 1.27. The van der Waals surface area contributed by atoms with Crippen LogP contribution in [0, 0.1) is 17.7 Å². The minimum atomic E-state index is -0.759. The minimum absolute atomic E-state index is 0.164. The third kappa shape index (κ3) is 7.38. The highest BCUT2D eigenvalue weighted by molar-refractivity contribution is 7.12. The average molecular weight is 889 g/mol. The summed E-state index contributed by atoms with van der Waals surface area (Å²) in [6, 6.07) is 14.7. The lowest BCUT2D eigenvalue weighted by Crippen LogP contribution is -2.51. The van der Waals surface area contributed by atoms with Gasteiger partial charge >= 0.3 is 12.2 Å². The number of hydrogen-bond acceptors (Lipinski definition) is 9. The van der Waals surface area contributed by atoms with Crippen molar-refractivity contribution in [2.24, 2.45) is 11.8 Å². The Morgan fingerprint density at radius 1 is 0.984 bits per heavy atom. The zero-order chi connectivity index (χ0) is 44.8. The third-order valence-corrected chi connectivity index (χ3v) is 14.2. The largest absolute Gasteiger partial charge is 0.464 e. The summed E-state index contributed by atoms with van der Waals surface area (Å²) < 4.78 is 36.3. The Morgan fingerprint density at radius 3 is 2.44 bits per heavy atom. The summed E-state index contributed by atoms with van der Waals surface area (Å²) in [6.45, 7) is 12.0. The Bertz CT molecular complexity index is 2800. The number of carbonyl (C=O) groups is 3. The summed E-state index contributed by atoms with van der Waals surface area (Å²) in [5, 5.41) is 3.60. The lowest BCUT2D eigenvalue weighted by Gasteiger charge is -2.30. The number of imidazole rings is 2. The van der Waals surface area contributed by atoms with Crippen molar-refractivity contribution in [2.45, 2.75) is 110 Å². The second kappa shape index (κ2) is 15.8. The fourth-order valence-electron chi connectivity index (χ4n) is 9.78. The molecule has 64 heavy (non-hydrogen) atoms. The highest BCUT2D eigenvalue weighted by atomic mass is 32.1. The molecule has 4 aromatic heterocycles. The zero-order valence-corrected chi connectivity index (χ0v) is 37.8. The first-order chi connectivity index (χ1) is 30.7. The number of fused-ring (bicyclic) bond motifs is 6. The summed E-state index contributed by atoms with van der Waals surface area (Å²) in [5.74, 6) is 1.38. The van der Waals surface area contributed by atoms with Crippen molar-refractivity contribution in [1.82, 2.24) is 39.6 Å². The van der Waals surface area contributed by atoms with Crippen LogP contribution in [0.4, 0.5) is 14.0 Å². The molecule has 16 heteroatoms. The van der Waals surface area contributed by atoms with E-state index in [1.54, 1.807) is 22.4 Å². The molecule has 1 aliphatic carbocycles. The second-order valence-electron chi connectivity index (χ2n) is 18.7. The monoisotopic (exact) mass is 888 g/mol. The van der Waals surface area contributed by atoms with E-state index < -0.39 is 29.8 Å². The van der Waals surface area contributed by atoms with Gasteiger partial charge in [0.25, 0.3) is 0 Å². The van der Waals surface area contributed by atoms with Crippen LogP contribution in [-0.2, 0) is 20.7 Å². The number of H-pyrrole nitrogens is 2. The lowest BCUT2D eigenvalue weighted by molar-refractivity contribution is -0.135. The van der Waals surface area contributed by atoms with Crippen LogP contribution in [0.15, 0.2) is 60.9 Å². The number of piperidine rings is 1. The van der Waals surface area contributed by atoms with Gasteiger partial charge in [-0.05, 0) is 107 Å². The number of alkyl carbamates (subject to hydrolysis) is 1. The number of thiophene rings is 1. The van der Waals surface area contributed by atoms with Crippen molar-refractivity contribution in [3.8, 4) is 39.5 Å². The van der Waals surface area contributed by atoms with Gasteiger partial charge in [-0.15, -0.1) is 11.3 Å². The van der Waals surface area contributed by atoms with Gasteiger partial charge in [-0.25, -0.2) is 23.9 Å². The maximum absolute atomic E-state index is 16.8. The molecule has 1 saturated carbocycles. The molecule has 3 fully saturated rings. The van der Waals surface area contributed by atoms with Crippen molar-refractivity contribution in [3.05, 3.63) is 88.1 Å². The minimum Gasteiger partial charge on any atom is -0.464 e. The molecule has 4 aliphatic rings. The van der Waals surface area contributed by atoms with E-state index >= 15 is 4.39 Å². The topological polar surface area (TPSA) is 160 Å². The van der Waals surface area contributed by atoms with Gasteiger partial charge in [0.2, 0.25) is 12.1 Å². The Labute approximate surface area is 374 Å². The number of aryl methyl sites for hydroxylation is 1. The molecule has 0 radical (unpaired) electrons. The van der Waals surface area contributed by atoms with Crippen LogP contribution in [0.25, 0.3) is 44.7 Å². The van der Waals surface area contributed by atoms with Crippen LogP contribution >= 0.6 is 11.3 Å². The van der Waals surface area contributed by atoms with Crippen LogP contribution in [0.5, 0.6) is 5.75 Å². The highest BCUT2D eigenvalue weighted by Gasteiger charge is 2.56. The molecule has 334 valence electrons. The van der Waals surface area contributed by atoms with Crippen molar-refractivity contribution in [2.75, 3.05) is 13.7 Å². The number of likely N-dealkylation sites (tertiary alicyclic amines) is 2. The summed E-state index contributed by atoms with van der Waals surface area (Å²) >= 11 is 1.68. The third-order valence-electron chi connectivity index (χ3n) is 13.0. The second-order valence-corrected chi connectivity index (χ2v) is 19.9. The van der Waals surface area contributed by atoms with Gasteiger partial charge in [-0.2, -0.15) is 0 Å². The average Bonchev–Trinajstić information content (AvgIpc) is 4.02.